The maximum absolute atomic E-state index is 12.0. The van der Waals surface area contributed by atoms with Gasteiger partial charge in [0.25, 0.3) is 0 Å². The average molecular weight is 256 g/mol. The molecule has 18 heavy (non-hydrogen) atoms. The molecule has 2 fully saturated rings. The van der Waals surface area contributed by atoms with E-state index >= 15 is 0 Å². The first-order valence-electron chi connectivity index (χ1n) is 6.95. The predicted octanol–water partition coefficient (Wildman–Crippen LogP) is 1.37. The SMILES string of the molecule is CC1CN(C(=O)NCCC2CCCO2)CC(C)O1. The van der Waals surface area contributed by atoms with Gasteiger partial charge in [0.2, 0.25) is 0 Å². The van der Waals surface area contributed by atoms with Gasteiger partial charge < -0.3 is 19.7 Å². The lowest BCUT2D eigenvalue weighted by atomic mass is 10.2. The monoisotopic (exact) mass is 256 g/mol. The Bertz CT molecular complexity index is 269. The molecule has 0 aromatic rings. The summed E-state index contributed by atoms with van der Waals surface area (Å²) < 4.78 is 11.1. The number of morpholine rings is 1. The van der Waals surface area contributed by atoms with Gasteiger partial charge in [-0.3, -0.25) is 0 Å². The molecule has 0 aliphatic carbocycles. The number of nitrogens with one attached hydrogen (secondary N) is 1. The molecule has 2 aliphatic rings. The maximum Gasteiger partial charge on any atom is 0.317 e. The van der Waals surface area contributed by atoms with Gasteiger partial charge in [-0.15, -0.1) is 0 Å². The molecule has 0 saturated carbocycles. The average Bonchev–Trinajstić information content (AvgIpc) is 2.80. The summed E-state index contributed by atoms with van der Waals surface area (Å²) in [5.74, 6) is 0. The van der Waals surface area contributed by atoms with Crippen molar-refractivity contribution in [2.45, 2.75) is 51.4 Å². The summed E-state index contributed by atoms with van der Waals surface area (Å²) in [7, 11) is 0. The molecule has 2 amide bonds. The van der Waals surface area contributed by atoms with Gasteiger partial charge in [0.05, 0.1) is 18.3 Å². The van der Waals surface area contributed by atoms with E-state index in [2.05, 4.69) is 5.32 Å². The summed E-state index contributed by atoms with van der Waals surface area (Å²) in [5.41, 5.74) is 0. The highest BCUT2D eigenvalue weighted by Gasteiger charge is 2.25. The van der Waals surface area contributed by atoms with E-state index in [9.17, 15) is 4.79 Å². The van der Waals surface area contributed by atoms with E-state index in [4.69, 9.17) is 9.47 Å². The second-order valence-corrected chi connectivity index (χ2v) is 5.32. The van der Waals surface area contributed by atoms with Crippen LogP contribution < -0.4 is 5.32 Å². The Kier molecular flexibility index (Phi) is 4.83. The highest BCUT2D eigenvalue weighted by atomic mass is 16.5. The van der Waals surface area contributed by atoms with E-state index in [-0.39, 0.29) is 18.2 Å². The molecule has 2 aliphatic heterocycles. The Morgan fingerprint density at radius 3 is 2.67 bits per heavy atom. The lowest BCUT2D eigenvalue weighted by Crippen LogP contribution is -2.51. The number of urea groups is 1. The summed E-state index contributed by atoms with van der Waals surface area (Å²) in [6.45, 7) is 6.93. The van der Waals surface area contributed by atoms with Crippen molar-refractivity contribution in [3.63, 3.8) is 0 Å². The highest BCUT2D eigenvalue weighted by molar-refractivity contribution is 5.74. The van der Waals surface area contributed by atoms with Crippen LogP contribution in [0.3, 0.4) is 0 Å². The standard InChI is InChI=1S/C13H24N2O3/c1-10-8-15(9-11(2)18-10)13(16)14-6-5-12-4-3-7-17-12/h10-12H,3-9H2,1-2H3,(H,14,16). The third kappa shape index (κ3) is 3.85. The van der Waals surface area contributed by atoms with E-state index in [1.165, 1.54) is 0 Å². The van der Waals surface area contributed by atoms with Gasteiger partial charge >= 0.3 is 6.03 Å². The topological polar surface area (TPSA) is 50.8 Å². The van der Waals surface area contributed by atoms with Gasteiger partial charge in [0.15, 0.2) is 0 Å². The molecular formula is C13H24N2O3. The van der Waals surface area contributed by atoms with Gasteiger partial charge in [0, 0.05) is 26.2 Å². The first-order valence-corrected chi connectivity index (χ1v) is 6.95. The van der Waals surface area contributed by atoms with E-state index in [1.54, 1.807) is 0 Å². The van der Waals surface area contributed by atoms with E-state index in [0.29, 0.717) is 25.7 Å². The zero-order valence-corrected chi connectivity index (χ0v) is 11.4. The normalized spacial score (nSPS) is 32.6. The molecular weight excluding hydrogens is 232 g/mol. The van der Waals surface area contributed by atoms with Crippen LogP contribution >= 0.6 is 0 Å². The summed E-state index contributed by atoms with van der Waals surface area (Å²) in [6.07, 6.45) is 3.78. The smallest absolute Gasteiger partial charge is 0.317 e. The minimum atomic E-state index is 0.0231. The Labute approximate surface area is 109 Å². The van der Waals surface area contributed by atoms with Gasteiger partial charge in [0.1, 0.15) is 0 Å². The molecule has 3 unspecified atom stereocenters. The van der Waals surface area contributed by atoms with Crippen LogP contribution in [0.1, 0.15) is 33.1 Å². The van der Waals surface area contributed by atoms with Crippen LogP contribution in [0.2, 0.25) is 0 Å². The molecule has 5 heteroatoms. The first-order chi connectivity index (χ1) is 8.65. The van der Waals surface area contributed by atoms with Crippen molar-refractivity contribution in [2.24, 2.45) is 0 Å². The highest BCUT2D eigenvalue weighted by Crippen LogP contribution is 2.14. The van der Waals surface area contributed by atoms with Crippen LogP contribution in [0.5, 0.6) is 0 Å². The third-order valence-electron chi connectivity index (χ3n) is 3.47. The van der Waals surface area contributed by atoms with Crippen molar-refractivity contribution < 1.29 is 14.3 Å². The van der Waals surface area contributed by atoms with Crippen molar-refractivity contribution in [1.29, 1.82) is 0 Å². The Balaban J connectivity index is 1.67. The first kappa shape index (κ1) is 13.6. The maximum atomic E-state index is 12.0. The fourth-order valence-corrected chi connectivity index (χ4v) is 2.67. The molecule has 0 spiro atoms. The van der Waals surface area contributed by atoms with E-state index < -0.39 is 0 Å². The van der Waals surface area contributed by atoms with Crippen LogP contribution in [0.15, 0.2) is 0 Å². The van der Waals surface area contributed by atoms with Crippen molar-refractivity contribution in [2.75, 3.05) is 26.2 Å². The molecule has 2 saturated heterocycles. The number of nitrogens with zero attached hydrogens (tertiary/aromatic N) is 1. The second-order valence-electron chi connectivity index (χ2n) is 5.32. The number of hydrogen-bond acceptors (Lipinski definition) is 3. The molecule has 0 bridgehead atoms. The summed E-state index contributed by atoms with van der Waals surface area (Å²) in [6, 6.07) is 0.0231. The van der Waals surface area contributed by atoms with Crippen molar-refractivity contribution >= 4 is 6.03 Å². The zero-order chi connectivity index (χ0) is 13.0. The van der Waals surface area contributed by atoms with Crippen LogP contribution in [-0.4, -0.2) is 55.5 Å². The minimum absolute atomic E-state index is 0.0231. The number of amides is 2. The van der Waals surface area contributed by atoms with Gasteiger partial charge in [-0.1, -0.05) is 0 Å². The number of hydrogen-bond donors (Lipinski definition) is 1. The molecule has 0 radical (unpaired) electrons. The van der Waals surface area contributed by atoms with Gasteiger partial charge in [-0.2, -0.15) is 0 Å². The lowest BCUT2D eigenvalue weighted by molar-refractivity contribution is -0.0545. The summed E-state index contributed by atoms with van der Waals surface area (Å²) >= 11 is 0. The largest absolute Gasteiger partial charge is 0.378 e. The Morgan fingerprint density at radius 1 is 1.33 bits per heavy atom. The van der Waals surface area contributed by atoms with Gasteiger partial charge in [-0.25, -0.2) is 4.79 Å². The molecule has 3 atom stereocenters. The zero-order valence-electron chi connectivity index (χ0n) is 11.4. The molecule has 104 valence electrons. The predicted molar refractivity (Wildman–Crippen MR) is 68.6 cm³/mol. The minimum Gasteiger partial charge on any atom is -0.378 e. The van der Waals surface area contributed by atoms with Crippen LogP contribution in [-0.2, 0) is 9.47 Å². The number of carbonyl (C=O) groups excluding carboxylic acids is 1. The van der Waals surface area contributed by atoms with E-state index in [1.807, 2.05) is 18.7 Å². The lowest BCUT2D eigenvalue weighted by Gasteiger charge is -2.35. The molecule has 5 nitrogen and oxygen atoms in total. The van der Waals surface area contributed by atoms with Crippen LogP contribution in [0, 0.1) is 0 Å². The third-order valence-corrected chi connectivity index (χ3v) is 3.47. The van der Waals surface area contributed by atoms with Crippen LogP contribution in [0.4, 0.5) is 4.79 Å². The second kappa shape index (κ2) is 6.38. The van der Waals surface area contributed by atoms with Gasteiger partial charge in [-0.05, 0) is 33.1 Å². The Morgan fingerprint density at radius 2 is 2.06 bits per heavy atom. The van der Waals surface area contributed by atoms with Crippen molar-refractivity contribution in [3.05, 3.63) is 0 Å². The summed E-state index contributed by atoms with van der Waals surface area (Å²) in [4.78, 5) is 13.8. The number of carbonyl (C=O) groups is 1. The number of rotatable bonds is 3. The fraction of sp³-hybridized carbons (Fsp3) is 0.923. The molecule has 2 heterocycles. The van der Waals surface area contributed by atoms with Crippen molar-refractivity contribution in [3.8, 4) is 0 Å². The van der Waals surface area contributed by atoms with E-state index in [0.717, 1.165) is 25.9 Å². The fourth-order valence-electron chi connectivity index (χ4n) is 2.67. The van der Waals surface area contributed by atoms with Crippen LogP contribution in [0.25, 0.3) is 0 Å². The molecule has 0 aromatic heterocycles. The molecule has 2 rings (SSSR count). The Hall–Kier alpha value is -0.810. The molecule has 1 N–H and O–H groups in total. The number of ether oxygens (including phenoxy) is 2. The summed E-state index contributed by atoms with van der Waals surface area (Å²) in [5, 5.41) is 2.97. The molecule has 0 aromatic carbocycles. The quantitative estimate of drug-likeness (QED) is 0.830. The van der Waals surface area contributed by atoms with Crippen molar-refractivity contribution in [1.82, 2.24) is 10.2 Å².